The highest BCUT2D eigenvalue weighted by atomic mass is 19.1. The van der Waals surface area contributed by atoms with Gasteiger partial charge in [0.2, 0.25) is 0 Å². The molecule has 0 unspecified atom stereocenters. The van der Waals surface area contributed by atoms with E-state index in [9.17, 15) is 14.0 Å². The Balaban J connectivity index is 2.33. The number of ether oxygens (including phenoxy) is 2. The monoisotopic (exact) mass is 295 g/mol. The Morgan fingerprint density at radius 2 is 2.10 bits per heavy atom. The lowest BCUT2D eigenvalue weighted by Gasteiger charge is -2.24. The first-order valence-electron chi connectivity index (χ1n) is 6.76. The van der Waals surface area contributed by atoms with Crippen LogP contribution in [0.15, 0.2) is 18.2 Å². The van der Waals surface area contributed by atoms with Gasteiger partial charge in [-0.1, -0.05) is 0 Å². The van der Waals surface area contributed by atoms with E-state index in [0.717, 1.165) is 25.0 Å². The van der Waals surface area contributed by atoms with Crippen LogP contribution in [-0.2, 0) is 9.47 Å². The number of halogens is 1. The molecule has 6 heteroatoms. The van der Waals surface area contributed by atoms with Crippen LogP contribution < -0.4 is 0 Å². The van der Waals surface area contributed by atoms with Crippen LogP contribution in [0.4, 0.5) is 4.39 Å². The molecule has 0 saturated carbocycles. The SMILES string of the molecule is COC[C@H]1CCCN1C(=O)c1cc(F)ccc1C(=O)OC. The summed E-state index contributed by atoms with van der Waals surface area (Å²) in [6.45, 7) is 0.999. The second-order valence-corrected chi connectivity index (χ2v) is 4.93. The molecule has 1 aliphatic heterocycles. The fourth-order valence-electron chi connectivity index (χ4n) is 2.60. The van der Waals surface area contributed by atoms with Crippen molar-refractivity contribution in [2.24, 2.45) is 0 Å². The van der Waals surface area contributed by atoms with E-state index in [-0.39, 0.29) is 23.1 Å². The molecule has 0 bridgehead atoms. The minimum Gasteiger partial charge on any atom is -0.465 e. The lowest BCUT2D eigenvalue weighted by Crippen LogP contribution is -2.38. The van der Waals surface area contributed by atoms with Crippen LogP contribution in [0.2, 0.25) is 0 Å². The molecule has 0 spiro atoms. The van der Waals surface area contributed by atoms with Crippen molar-refractivity contribution in [2.75, 3.05) is 27.4 Å². The van der Waals surface area contributed by atoms with E-state index in [2.05, 4.69) is 4.74 Å². The van der Waals surface area contributed by atoms with Gasteiger partial charge >= 0.3 is 5.97 Å². The van der Waals surface area contributed by atoms with Crippen molar-refractivity contribution in [1.29, 1.82) is 0 Å². The molecule has 1 aromatic rings. The maximum atomic E-state index is 13.5. The summed E-state index contributed by atoms with van der Waals surface area (Å²) in [5.41, 5.74) is 0.108. The summed E-state index contributed by atoms with van der Waals surface area (Å²) < 4.78 is 23.2. The normalized spacial score (nSPS) is 17.9. The van der Waals surface area contributed by atoms with Gasteiger partial charge in [-0.05, 0) is 31.0 Å². The molecule has 0 N–H and O–H groups in total. The average Bonchev–Trinajstić information content (AvgIpc) is 2.94. The van der Waals surface area contributed by atoms with Crippen molar-refractivity contribution < 1.29 is 23.5 Å². The van der Waals surface area contributed by atoms with Crippen LogP contribution in [0, 0.1) is 5.82 Å². The maximum absolute atomic E-state index is 13.5. The topological polar surface area (TPSA) is 55.8 Å². The number of hydrogen-bond acceptors (Lipinski definition) is 4. The lowest BCUT2D eigenvalue weighted by molar-refractivity contribution is 0.0572. The number of methoxy groups -OCH3 is 2. The summed E-state index contributed by atoms with van der Waals surface area (Å²) in [6.07, 6.45) is 1.70. The van der Waals surface area contributed by atoms with Crippen molar-refractivity contribution in [2.45, 2.75) is 18.9 Å². The summed E-state index contributed by atoms with van der Waals surface area (Å²) >= 11 is 0. The molecule has 0 radical (unpaired) electrons. The van der Waals surface area contributed by atoms with Crippen LogP contribution in [0.5, 0.6) is 0 Å². The van der Waals surface area contributed by atoms with E-state index in [1.807, 2.05) is 0 Å². The molecule has 5 nitrogen and oxygen atoms in total. The largest absolute Gasteiger partial charge is 0.465 e. The number of nitrogens with zero attached hydrogens (tertiary/aromatic N) is 1. The summed E-state index contributed by atoms with van der Waals surface area (Å²) in [5.74, 6) is -1.58. The van der Waals surface area contributed by atoms with Gasteiger partial charge in [0, 0.05) is 13.7 Å². The Bertz CT molecular complexity index is 546. The van der Waals surface area contributed by atoms with E-state index in [0.29, 0.717) is 13.2 Å². The number of rotatable bonds is 4. The molecule has 1 heterocycles. The van der Waals surface area contributed by atoms with Gasteiger partial charge in [0.05, 0.1) is 30.9 Å². The number of amides is 1. The van der Waals surface area contributed by atoms with Crippen LogP contribution in [-0.4, -0.2) is 50.2 Å². The zero-order valence-electron chi connectivity index (χ0n) is 12.1. The standard InChI is InChI=1S/C15H18FNO4/c1-20-9-11-4-3-7-17(11)14(18)13-8-10(16)5-6-12(13)15(19)21-2/h5-6,8,11H,3-4,7,9H2,1-2H3/t11-/m1/s1. The molecule has 1 aliphatic rings. The van der Waals surface area contributed by atoms with Gasteiger partial charge in [-0.15, -0.1) is 0 Å². The molecule has 2 rings (SSSR count). The van der Waals surface area contributed by atoms with E-state index in [4.69, 9.17) is 4.74 Å². The Labute approximate surface area is 122 Å². The van der Waals surface area contributed by atoms with Gasteiger partial charge in [0.1, 0.15) is 5.82 Å². The zero-order chi connectivity index (χ0) is 15.4. The van der Waals surface area contributed by atoms with Gasteiger partial charge in [-0.2, -0.15) is 0 Å². The number of carbonyl (C=O) groups is 2. The highest BCUT2D eigenvalue weighted by Crippen LogP contribution is 2.23. The second kappa shape index (κ2) is 6.67. The molecule has 0 aromatic heterocycles. The van der Waals surface area contributed by atoms with Gasteiger partial charge < -0.3 is 14.4 Å². The summed E-state index contributed by atoms with van der Waals surface area (Å²) in [6, 6.07) is 3.45. The number of likely N-dealkylation sites (tertiary alicyclic amines) is 1. The fourth-order valence-corrected chi connectivity index (χ4v) is 2.60. The zero-order valence-corrected chi connectivity index (χ0v) is 12.1. The van der Waals surface area contributed by atoms with E-state index < -0.39 is 11.8 Å². The number of esters is 1. The molecule has 21 heavy (non-hydrogen) atoms. The predicted molar refractivity (Wildman–Crippen MR) is 73.7 cm³/mol. The third kappa shape index (κ3) is 3.21. The highest BCUT2D eigenvalue weighted by molar-refractivity contribution is 6.05. The molecule has 1 fully saturated rings. The molecule has 1 aromatic carbocycles. The first-order valence-corrected chi connectivity index (χ1v) is 6.76. The number of benzene rings is 1. The Morgan fingerprint density at radius 1 is 1.33 bits per heavy atom. The van der Waals surface area contributed by atoms with Crippen molar-refractivity contribution in [3.05, 3.63) is 35.1 Å². The first kappa shape index (κ1) is 15.4. The van der Waals surface area contributed by atoms with Crippen molar-refractivity contribution in [3.8, 4) is 0 Å². The number of carbonyl (C=O) groups excluding carboxylic acids is 2. The van der Waals surface area contributed by atoms with Crippen LogP contribution in [0.1, 0.15) is 33.6 Å². The average molecular weight is 295 g/mol. The quantitative estimate of drug-likeness (QED) is 0.796. The summed E-state index contributed by atoms with van der Waals surface area (Å²) in [7, 11) is 2.80. The summed E-state index contributed by atoms with van der Waals surface area (Å²) in [5, 5.41) is 0. The molecule has 1 amide bonds. The smallest absolute Gasteiger partial charge is 0.338 e. The Morgan fingerprint density at radius 3 is 2.76 bits per heavy atom. The molecular formula is C15H18FNO4. The predicted octanol–water partition coefficient (Wildman–Crippen LogP) is 1.86. The highest BCUT2D eigenvalue weighted by Gasteiger charge is 2.31. The van der Waals surface area contributed by atoms with Crippen molar-refractivity contribution >= 4 is 11.9 Å². The van der Waals surface area contributed by atoms with Gasteiger partial charge in [0.15, 0.2) is 0 Å². The molecule has 1 saturated heterocycles. The fraction of sp³-hybridized carbons (Fsp3) is 0.467. The van der Waals surface area contributed by atoms with Crippen LogP contribution in [0.25, 0.3) is 0 Å². The second-order valence-electron chi connectivity index (χ2n) is 4.93. The molecule has 1 atom stereocenters. The van der Waals surface area contributed by atoms with Crippen molar-refractivity contribution in [3.63, 3.8) is 0 Å². The minimum absolute atomic E-state index is 0.0323. The Hall–Kier alpha value is -1.95. The number of hydrogen-bond donors (Lipinski definition) is 0. The molecular weight excluding hydrogens is 277 g/mol. The van der Waals surface area contributed by atoms with Gasteiger partial charge in [-0.25, -0.2) is 9.18 Å². The Kier molecular flexibility index (Phi) is 4.90. The third-order valence-electron chi connectivity index (χ3n) is 3.61. The van der Waals surface area contributed by atoms with E-state index in [1.54, 1.807) is 12.0 Å². The summed E-state index contributed by atoms with van der Waals surface area (Å²) in [4.78, 5) is 26.0. The van der Waals surface area contributed by atoms with Crippen molar-refractivity contribution in [1.82, 2.24) is 4.90 Å². The van der Waals surface area contributed by atoms with Gasteiger partial charge in [-0.3, -0.25) is 4.79 Å². The first-order chi connectivity index (χ1) is 10.1. The minimum atomic E-state index is -0.652. The van der Waals surface area contributed by atoms with Gasteiger partial charge in [0.25, 0.3) is 5.91 Å². The molecule has 0 aliphatic carbocycles. The van der Waals surface area contributed by atoms with E-state index >= 15 is 0 Å². The lowest BCUT2D eigenvalue weighted by atomic mass is 10.1. The molecule has 114 valence electrons. The van der Waals surface area contributed by atoms with Crippen LogP contribution in [0.3, 0.4) is 0 Å². The maximum Gasteiger partial charge on any atom is 0.338 e. The van der Waals surface area contributed by atoms with E-state index in [1.165, 1.54) is 13.2 Å². The van der Waals surface area contributed by atoms with Crippen LogP contribution >= 0.6 is 0 Å². The third-order valence-corrected chi connectivity index (χ3v) is 3.61.